The van der Waals surface area contributed by atoms with Crippen LogP contribution in [0, 0.1) is 12.8 Å². The number of benzene rings is 3. The summed E-state index contributed by atoms with van der Waals surface area (Å²) < 4.78 is 38.7. The van der Waals surface area contributed by atoms with Gasteiger partial charge in [-0.05, 0) is 36.1 Å². The number of nitrogens with one attached hydrogen (secondary N) is 3. The average Bonchev–Trinajstić information content (AvgIpc) is 2.96. The molecule has 0 bridgehead atoms. The second kappa shape index (κ2) is 15.0. The summed E-state index contributed by atoms with van der Waals surface area (Å²) in [5.41, 5.74) is 2.37. The molecule has 11 heteroatoms. The highest BCUT2D eigenvalue weighted by molar-refractivity contribution is 7.89. The predicted molar refractivity (Wildman–Crippen MR) is 153 cm³/mol. The van der Waals surface area contributed by atoms with Gasteiger partial charge in [-0.2, -0.15) is 0 Å². The van der Waals surface area contributed by atoms with Crippen LogP contribution in [0.5, 0.6) is 0 Å². The first-order chi connectivity index (χ1) is 19.5. The van der Waals surface area contributed by atoms with Gasteiger partial charge in [-0.3, -0.25) is 4.79 Å². The standard InChI is InChI=1S/C30H35N3O7S/c1-21(2)27(33-30(36)40-20-24-12-8-5-9-13-24)28(34)32-26(29(35)39-19-23-10-6-4-7-11-23)18-31-41(37,38)25-16-14-22(3)15-17-25/h4-17,21,26-27,31H,18-20H2,1-3H3,(H,32,34)(H,33,36)/t26-,27-/m0/s1. The molecule has 218 valence electrons. The van der Waals surface area contributed by atoms with E-state index in [0.717, 1.165) is 11.1 Å². The van der Waals surface area contributed by atoms with E-state index in [-0.39, 0.29) is 24.0 Å². The maximum atomic E-state index is 13.2. The molecular weight excluding hydrogens is 546 g/mol. The molecule has 0 unspecified atom stereocenters. The Morgan fingerprint density at radius 3 is 1.83 bits per heavy atom. The number of ether oxygens (including phenoxy) is 2. The minimum Gasteiger partial charge on any atom is -0.459 e. The third-order valence-corrected chi connectivity index (χ3v) is 7.51. The lowest BCUT2D eigenvalue weighted by Gasteiger charge is -2.25. The largest absolute Gasteiger partial charge is 0.459 e. The lowest BCUT2D eigenvalue weighted by atomic mass is 10.0. The molecule has 41 heavy (non-hydrogen) atoms. The highest BCUT2D eigenvalue weighted by atomic mass is 32.2. The molecule has 3 N–H and O–H groups in total. The van der Waals surface area contributed by atoms with Crippen molar-refractivity contribution < 1.29 is 32.3 Å². The molecule has 10 nitrogen and oxygen atoms in total. The van der Waals surface area contributed by atoms with E-state index in [0.29, 0.717) is 5.56 Å². The topological polar surface area (TPSA) is 140 Å². The summed E-state index contributed by atoms with van der Waals surface area (Å²) in [7, 11) is -4.00. The second-order valence-corrected chi connectivity index (χ2v) is 11.5. The zero-order chi connectivity index (χ0) is 29.8. The van der Waals surface area contributed by atoms with Gasteiger partial charge < -0.3 is 20.1 Å². The third-order valence-electron chi connectivity index (χ3n) is 6.07. The molecule has 0 aromatic heterocycles. The molecule has 0 heterocycles. The van der Waals surface area contributed by atoms with Crippen LogP contribution in [0.1, 0.15) is 30.5 Å². The Labute approximate surface area is 240 Å². The van der Waals surface area contributed by atoms with Crippen molar-refractivity contribution in [3.8, 4) is 0 Å². The van der Waals surface area contributed by atoms with Crippen molar-refractivity contribution in [2.24, 2.45) is 5.92 Å². The van der Waals surface area contributed by atoms with E-state index in [9.17, 15) is 22.8 Å². The Morgan fingerprint density at radius 1 is 0.756 bits per heavy atom. The molecule has 0 aliphatic heterocycles. The molecule has 0 saturated heterocycles. The van der Waals surface area contributed by atoms with Gasteiger partial charge in [-0.25, -0.2) is 22.7 Å². The van der Waals surface area contributed by atoms with Gasteiger partial charge in [0.05, 0.1) is 4.90 Å². The van der Waals surface area contributed by atoms with E-state index in [2.05, 4.69) is 15.4 Å². The van der Waals surface area contributed by atoms with E-state index in [1.54, 1.807) is 62.4 Å². The van der Waals surface area contributed by atoms with Gasteiger partial charge in [0, 0.05) is 6.54 Å². The van der Waals surface area contributed by atoms with Gasteiger partial charge in [-0.1, -0.05) is 92.2 Å². The molecule has 0 aliphatic carbocycles. The first-order valence-electron chi connectivity index (χ1n) is 13.1. The number of sulfonamides is 1. The Balaban J connectivity index is 1.70. The molecule has 0 saturated carbocycles. The molecule has 3 aromatic rings. The minimum atomic E-state index is -4.00. The van der Waals surface area contributed by atoms with Crippen LogP contribution in [0.15, 0.2) is 89.8 Å². The Morgan fingerprint density at radius 2 is 1.29 bits per heavy atom. The van der Waals surface area contributed by atoms with Gasteiger partial charge in [0.1, 0.15) is 25.3 Å². The number of alkyl carbamates (subject to hydrolysis) is 1. The normalized spacial score (nSPS) is 12.7. The van der Waals surface area contributed by atoms with Crippen LogP contribution in [0.25, 0.3) is 0 Å². The highest BCUT2D eigenvalue weighted by Crippen LogP contribution is 2.11. The van der Waals surface area contributed by atoms with Gasteiger partial charge >= 0.3 is 12.1 Å². The molecule has 3 aromatic carbocycles. The monoisotopic (exact) mass is 581 g/mol. The van der Waals surface area contributed by atoms with Crippen molar-refractivity contribution >= 4 is 28.0 Å². The van der Waals surface area contributed by atoms with Crippen LogP contribution in [0.4, 0.5) is 4.79 Å². The minimum absolute atomic E-state index is 0.00807. The summed E-state index contributed by atoms with van der Waals surface area (Å²) >= 11 is 0. The van der Waals surface area contributed by atoms with E-state index < -0.39 is 46.6 Å². The number of rotatable bonds is 13. The van der Waals surface area contributed by atoms with Crippen molar-refractivity contribution in [3.05, 3.63) is 102 Å². The Hall–Kier alpha value is -4.22. The number of amides is 2. The molecule has 0 aliphatic rings. The maximum absolute atomic E-state index is 13.2. The van der Waals surface area contributed by atoms with E-state index in [1.165, 1.54) is 12.1 Å². The summed E-state index contributed by atoms with van der Waals surface area (Å²) in [6, 6.07) is 21.7. The first kappa shape index (κ1) is 31.3. The maximum Gasteiger partial charge on any atom is 0.408 e. The first-order valence-corrected chi connectivity index (χ1v) is 14.6. The molecule has 3 rings (SSSR count). The SMILES string of the molecule is Cc1ccc(S(=O)(=O)NC[C@H](NC(=O)[C@@H](NC(=O)OCc2ccccc2)C(C)C)C(=O)OCc2ccccc2)cc1. The van der Waals surface area contributed by atoms with Crippen LogP contribution in [0.2, 0.25) is 0 Å². The second-order valence-electron chi connectivity index (χ2n) is 9.75. The summed E-state index contributed by atoms with van der Waals surface area (Å²) in [4.78, 5) is 38.8. The van der Waals surface area contributed by atoms with Crippen LogP contribution < -0.4 is 15.4 Å². The third kappa shape index (κ3) is 10.0. The Bertz CT molecular complexity index is 1400. The molecule has 0 radical (unpaired) electrons. The average molecular weight is 582 g/mol. The number of hydrogen-bond donors (Lipinski definition) is 3. The van der Waals surface area contributed by atoms with Crippen molar-refractivity contribution in [1.82, 2.24) is 15.4 Å². The molecule has 2 amide bonds. The van der Waals surface area contributed by atoms with Crippen LogP contribution in [0.3, 0.4) is 0 Å². The van der Waals surface area contributed by atoms with Crippen LogP contribution >= 0.6 is 0 Å². The summed E-state index contributed by atoms with van der Waals surface area (Å²) in [5.74, 6) is -1.93. The lowest BCUT2D eigenvalue weighted by molar-refractivity contribution is -0.149. The predicted octanol–water partition coefficient (Wildman–Crippen LogP) is 3.45. The van der Waals surface area contributed by atoms with Gasteiger partial charge in [0.25, 0.3) is 0 Å². The molecule has 0 fully saturated rings. The van der Waals surface area contributed by atoms with Gasteiger partial charge in [0.15, 0.2) is 0 Å². The summed E-state index contributed by atoms with van der Waals surface area (Å²) in [5, 5.41) is 5.06. The van der Waals surface area contributed by atoms with Crippen molar-refractivity contribution in [3.63, 3.8) is 0 Å². The summed E-state index contributed by atoms with van der Waals surface area (Å²) in [6.45, 7) is 4.71. The van der Waals surface area contributed by atoms with Crippen LogP contribution in [-0.4, -0.2) is 45.0 Å². The zero-order valence-corrected chi connectivity index (χ0v) is 24.0. The van der Waals surface area contributed by atoms with E-state index in [1.807, 2.05) is 31.2 Å². The smallest absolute Gasteiger partial charge is 0.408 e. The van der Waals surface area contributed by atoms with Crippen molar-refractivity contribution in [2.75, 3.05) is 6.54 Å². The number of carbonyl (C=O) groups excluding carboxylic acids is 3. The Kier molecular flexibility index (Phi) is 11.4. The number of aryl methyl sites for hydroxylation is 1. The molecular formula is C30H35N3O7S. The van der Waals surface area contributed by atoms with Crippen LogP contribution in [-0.2, 0) is 42.3 Å². The highest BCUT2D eigenvalue weighted by Gasteiger charge is 2.31. The van der Waals surface area contributed by atoms with E-state index >= 15 is 0 Å². The summed E-state index contributed by atoms with van der Waals surface area (Å²) in [6.07, 6.45) is -0.814. The zero-order valence-electron chi connectivity index (χ0n) is 23.2. The van der Waals surface area contributed by atoms with Crippen molar-refractivity contribution in [2.45, 2.75) is 51.0 Å². The number of hydrogen-bond acceptors (Lipinski definition) is 7. The fourth-order valence-corrected chi connectivity index (χ4v) is 4.75. The lowest BCUT2D eigenvalue weighted by Crippen LogP contribution is -2.56. The number of esters is 1. The van der Waals surface area contributed by atoms with Gasteiger partial charge in [-0.15, -0.1) is 0 Å². The van der Waals surface area contributed by atoms with Gasteiger partial charge in [0.2, 0.25) is 15.9 Å². The fraction of sp³-hybridized carbons (Fsp3) is 0.300. The quantitative estimate of drug-likeness (QED) is 0.263. The van der Waals surface area contributed by atoms with E-state index in [4.69, 9.17) is 9.47 Å². The number of carbonyl (C=O) groups is 3. The molecule has 0 spiro atoms. The fourth-order valence-electron chi connectivity index (χ4n) is 3.70. The molecule has 2 atom stereocenters. The van der Waals surface area contributed by atoms with Crippen molar-refractivity contribution in [1.29, 1.82) is 0 Å².